The van der Waals surface area contributed by atoms with Gasteiger partial charge in [-0.15, -0.1) is 0 Å². The molecule has 6 rings (SSSR count). The number of fused-ring (bicyclic) bond motifs is 1. The maximum atomic E-state index is 14.3. The third-order valence-electron chi connectivity index (χ3n) is 10.6. The standard InChI is InChI=1S/C46H55N7O6/c1-32(2)24-39(42(54)27-43(55)53-22-20-52(21-23-53)29-33-12-5-3-6-13-33)49-45(57)41(26-37-28-47-31-48-37)50-44(56)40(51-46(58)59-30-34-14-7-4-8-15-34)25-36-18-11-17-35-16-9-10-19-38(35)36/h3-19,28,31-32,39-42,54H,20-27,29-30H2,1-2H3,(H,47,48)(H,49,57)(H,50,56)(H,51,58)/t39-,40+,41+,42-/m0/s1. The predicted molar refractivity (Wildman–Crippen MR) is 226 cm³/mol. The van der Waals surface area contributed by atoms with Gasteiger partial charge in [-0.25, -0.2) is 9.78 Å². The van der Waals surface area contributed by atoms with Gasteiger partial charge < -0.3 is 35.7 Å². The van der Waals surface area contributed by atoms with E-state index < -0.39 is 42.1 Å². The molecule has 310 valence electrons. The number of alkyl carbamates (subject to hydrolysis) is 1. The number of ether oxygens (including phenoxy) is 1. The molecule has 0 spiro atoms. The molecule has 2 heterocycles. The molecule has 0 unspecified atom stereocenters. The summed E-state index contributed by atoms with van der Waals surface area (Å²) in [7, 11) is 0. The van der Waals surface area contributed by atoms with Crippen molar-refractivity contribution in [2.24, 2.45) is 5.92 Å². The van der Waals surface area contributed by atoms with Crippen molar-refractivity contribution in [1.29, 1.82) is 0 Å². The molecule has 13 heteroatoms. The van der Waals surface area contributed by atoms with Gasteiger partial charge in [0.05, 0.1) is 30.6 Å². The molecule has 1 aliphatic rings. The van der Waals surface area contributed by atoms with E-state index in [0.29, 0.717) is 25.2 Å². The van der Waals surface area contributed by atoms with Gasteiger partial charge >= 0.3 is 6.09 Å². The van der Waals surface area contributed by atoms with E-state index in [-0.39, 0.29) is 37.7 Å². The van der Waals surface area contributed by atoms with Gasteiger partial charge in [0.1, 0.15) is 18.7 Å². The minimum atomic E-state index is -1.17. The average Bonchev–Trinajstić information content (AvgIpc) is 3.76. The molecule has 5 N–H and O–H groups in total. The lowest BCUT2D eigenvalue weighted by molar-refractivity contribution is -0.136. The van der Waals surface area contributed by atoms with Crippen LogP contribution in [-0.2, 0) is 45.1 Å². The molecular weight excluding hydrogens is 747 g/mol. The second-order valence-corrected chi connectivity index (χ2v) is 15.6. The molecular formula is C46H55N7O6. The van der Waals surface area contributed by atoms with E-state index in [4.69, 9.17) is 4.74 Å². The van der Waals surface area contributed by atoms with E-state index in [2.05, 4.69) is 43.0 Å². The first-order valence-corrected chi connectivity index (χ1v) is 20.4. The number of carbonyl (C=O) groups excluding carboxylic acids is 4. The zero-order valence-electron chi connectivity index (χ0n) is 33.8. The number of nitrogens with zero attached hydrogens (tertiary/aromatic N) is 3. The molecule has 0 aliphatic carbocycles. The van der Waals surface area contributed by atoms with Crippen LogP contribution in [0, 0.1) is 5.92 Å². The molecule has 1 aliphatic heterocycles. The fraction of sp³-hybridized carbons (Fsp3) is 0.370. The Kier molecular flexibility index (Phi) is 15.2. The number of rotatable bonds is 18. The smallest absolute Gasteiger partial charge is 0.408 e. The number of piperazine rings is 1. The van der Waals surface area contributed by atoms with Crippen molar-refractivity contribution in [2.75, 3.05) is 26.2 Å². The van der Waals surface area contributed by atoms with Crippen LogP contribution in [0.15, 0.2) is 116 Å². The van der Waals surface area contributed by atoms with Gasteiger partial charge in [0.15, 0.2) is 0 Å². The van der Waals surface area contributed by atoms with Crippen LogP contribution in [0.4, 0.5) is 4.79 Å². The summed E-state index contributed by atoms with van der Waals surface area (Å²) < 4.78 is 5.51. The third kappa shape index (κ3) is 12.7. The minimum Gasteiger partial charge on any atom is -0.445 e. The number of amides is 4. The molecule has 0 radical (unpaired) electrons. The summed E-state index contributed by atoms with van der Waals surface area (Å²) in [4.78, 5) is 66.5. The third-order valence-corrected chi connectivity index (χ3v) is 10.6. The minimum absolute atomic E-state index is 0.00595. The van der Waals surface area contributed by atoms with E-state index in [1.54, 1.807) is 11.1 Å². The molecule has 4 aromatic carbocycles. The average molecular weight is 802 g/mol. The number of aromatic amines is 1. The molecule has 13 nitrogen and oxygen atoms in total. The summed E-state index contributed by atoms with van der Waals surface area (Å²) in [5, 5.41) is 22.0. The van der Waals surface area contributed by atoms with Crippen LogP contribution in [0.2, 0.25) is 0 Å². The van der Waals surface area contributed by atoms with Crippen molar-refractivity contribution in [3.63, 3.8) is 0 Å². The quantitative estimate of drug-likeness (QED) is 0.0846. The fourth-order valence-electron chi connectivity index (χ4n) is 7.45. The summed E-state index contributed by atoms with van der Waals surface area (Å²) in [6, 6.07) is 29.9. The van der Waals surface area contributed by atoms with Crippen LogP contribution in [0.5, 0.6) is 0 Å². The van der Waals surface area contributed by atoms with Crippen LogP contribution in [0.25, 0.3) is 10.8 Å². The molecule has 1 saturated heterocycles. The van der Waals surface area contributed by atoms with Crippen molar-refractivity contribution in [3.05, 3.63) is 138 Å². The number of hydrogen-bond acceptors (Lipinski definition) is 8. The first-order valence-electron chi connectivity index (χ1n) is 20.4. The number of hydrogen-bond donors (Lipinski definition) is 5. The second kappa shape index (κ2) is 21.1. The van der Waals surface area contributed by atoms with Crippen molar-refractivity contribution in [2.45, 2.75) is 76.9 Å². The number of nitrogens with one attached hydrogen (secondary N) is 4. The molecule has 1 fully saturated rings. The zero-order chi connectivity index (χ0) is 41.6. The zero-order valence-corrected chi connectivity index (χ0v) is 33.8. The Morgan fingerprint density at radius 2 is 1.41 bits per heavy atom. The number of carbonyl (C=O) groups is 4. The largest absolute Gasteiger partial charge is 0.445 e. The van der Waals surface area contributed by atoms with Crippen molar-refractivity contribution < 1.29 is 29.0 Å². The van der Waals surface area contributed by atoms with E-state index in [9.17, 15) is 24.3 Å². The van der Waals surface area contributed by atoms with Gasteiger partial charge in [0.25, 0.3) is 0 Å². The molecule has 4 atom stereocenters. The van der Waals surface area contributed by atoms with Crippen molar-refractivity contribution in [3.8, 4) is 0 Å². The summed E-state index contributed by atoms with van der Waals surface area (Å²) in [6.07, 6.45) is 1.54. The Hall–Kier alpha value is -6.05. The normalized spacial score (nSPS) is 15.2. The molecule has 0 bridgehead atoms. The van der Waals surface area contributed by atoms with Crippen LogP contribution in [0.1, 0.15) is 49.1 Å². The number of aliphatic hydroxyl groups is 1. The Balaban J connectivity index is 1.14. The number of benzene rings is 4. The number of imidazole rings is 1. The number of aromatic nitrogens is 2. The lowest BCUT2D eigenvalue weighted by Crippen LogP contribution is -2.57. The lowest BCUT2D eigenvalue weighted by atomic mass is 9.96. The van der Waals surface area contributed by atoms with Gasteiger partial charge in [-0.3, -0.25) is 19.3 Å². The van der Waals surface area contributed by atoms with Gasteiger partial charge in [-0.05, 0) is 39.8 Å². The first kappa shape index (κ1) is 42.6. The van der Waals surface area contributed by atoms with Gasteiger partial charge in [-0.2, -0.15) is 0 Å². The predicted octanol–water partition coefficient (Wildman–Crippen LogP) is 4.75. The maximum absolute atomic E-state index is 14.3. The molecule has 5 aromatic rings. The highest BCUT2D eigenvalue weighted by Crippen LogP contribution is 2.21. The van der Waals surface area contributed by atoms with Gasteiger partial charge in [0, 0.05) is 51.8 Å². The van der Waals surface area contributed by atoms with Crippen LogP contribution in [-0.4, -0.2) is 99.1 Å². The number of H-pyrrole nitrogens is 1. The Labute approximate surface area is 345 Å². The monoisotopic (exact) mass is 801 g/mol. The summed E-state index contributed by atoms with van der Waals surface area (Å²) in [5.74, 6) is -1.26. The maximum Gasteiger partial charge on any atom is 0.408 e. The molecule has 1 aromatic heterocycles. The van der Waals surface area contributed by atoms with E-state index in [1.807, 2.05) is 105 Å². The molecule has 4 amide bonds. The van der Waals surface area contributed by atoms with Crippen LogP contribution >= 0.6 is 0 Å². The highest BCUT2D eigenvalue weighted by atomic mass is 16.5. The Morgan fingerprint density at radius 3 is 2.10 bits per heavy atom. The van der Waals surface area contributed by atoms with Crippen LogP contribution in [0.3, 0.4) is 0 Å². The SMILES string of the molecule is CC(C)C[C@H](NC(=O)[C@@H](Cc1c[nH]cn1)NC(=O)[C@@H](Cc1cccc2ccccc12)NC(=O)OCc1ccccc1)[C@@H](O)CC(=O)N1CCN(Cc2ccccc2)CC1. The topological polar surface area (TPSA) is 169 Å². The summed E-state index contributed by atoms with van der Waals surface area (Å²) in [5.41, 5.74) is 3.35. The van der Waals surface area contributed by atoms with Crippen molar-refractivity contribution >= 4 is 34.6 Å². The van der Waals surface area contributed by atoms with Gasteiger partial charge in [-0.1, -0.05) is 117 Å². The first-order chi connectivity index (χ1) is 28.6. The second-order valence-electron chi connectivity index (χ2n) is 15.6. The highest BCUT2D eigenvalue weighted by molar-refractivity contribution is 5.93. The van der Waals surface area contributed by atoms with Crippen molar-refractivity contribution in [1.82, 2.24) is 35.7 Å². The van der Waals surface area contributed by atoms with E-state index in [0.717, 1.165) is 41.5 Å². The fourth-order valence-corrected chi connectivity index (χ4v) is 7.45. The van der Waals surface area contributed by atoms with E-state index in [1.165, 1.54) is 11.9 Å². The molecule has 59 heavy (non-hydrogen) atoms. The highest BCUT2D eigenvalue weighted by Gasteiger charge is 2.33. The van der Waals surface area contributed by atoms with Crippen LogP contribution < -0.4 is 16.0 Å². The number of aliphatic hydroxyl groups excluding tert-OH is 1. The lowest BCUT2D eigenvalue weighted by Gasteiger charge is -2.36. The Morgan fingerprint density at radius 1 is 0.763 bits per heavy atom. The Bertz CT molecular complexity index is 2100. The molecule has 0 saturated carbocycles. The van der Waals surface area contributed by atoms with Gasteiger partial charge in [0.2, 0.25) is 17.7 Å². The summed E-state index contributed by atoms with van der Waals surface area (Å²) >= 11 is 0. The summed E-state index contributed by atoms with van der Waals surface area (Å²) in [6.45, 7) is 7.30. The van der Waals surface area contributed by atoms with E-state index >= 15 is 0 Å².